The number of rotatable bonds is 5. The van der Waals surface area contributed by atoms with Gasteiger partial charge in [-0.2, -0.15) is 0 Å². The summed E-state index contributed by atoms with van der Waals surface area (Å²) < 4.78 is 6.69. The number of carbonyl (C=O) groups is 3. The minimum atomic E-state index is -0.789. The Hall–Kier alpha value is -3.42. The van der Waals surface area contributed by atoms with Gasteiger partial charge in [-0.1, -0.05) is 57.9 Å². The molecule has 1 aliphatic heterocycles. The van der Waals surface area contributed by atoms with Gasteiger partial charge in [0.15, 0.2) is 0 Å². The summed E-state index contributed by atoms with van der Waals surface area (Å²) in [6.07, 6.45) is 1.42. The second-order valence-corrected chi connectivity index (χ2v) is 8.70. The lowest BCUT2D eigenvalue weighted by atomic mass is 10.0. The maximum absolute atomic E-state index is 13.2. The summed E-state index contributed by atoms with van der Waals surface area (Å²) in [6.45, 7) is 2.03. The average Bonchev–Trinajstić information content (AvgIpc) is 2.77. The van der Waals surface area contributed by atoms with E-state index in [0.717, 1.165) is 20.5 Å². The van der Waals surface area contributed by atoms with Crippen molar-refractivity contribution < 1.29 is 19.1 Å². The van der Waals surface area contributed by atoms with E-state index in [-0.39, 0.29) is 12.2 Å². The van der Waals surface area contributed by atoms with Crippen LogP contribution in [0.3, 0.4) is 0 Å². The van der Waals surface area contributed by atoms with E-state index in [1.165, 1.54) is 6.08 Å². The van der Waals surface area contributed by atoms with Gasteiger partial charge in [0.2, 0.25) is 0 Å². The molecule has 33 heavy (non-hydrogen) atoms. The van der Waals surface area contributed by atoms with E-state index < -0.39 is 17.8 Å². The quantitative estimate of drug-likeness (QED) is 0.345. The van der Waals surface area contributed by atoms with Crippen LogP contribution in [0.4, 0.5) is 10.5 Å². The molecule has 3 aromatic rings. The van der Waals surface area contributed by atoms with Gasteiger partial charge in [-0.05, 0) is 60.5 Å². The fourth-order valence-corrected chi connectivity index (χ4v) is 3.99. The van der Waals surface area contributed by atoms with Crippen molar-refractivity contribution in [1.29, 1.82) is 0 Å². The Morgan fingerprint density at radius 3 is 2.58 bits per heavy atom. The number of aryl methyl sites for hydroxylation is 1. The molecule has 4 amide bonds. The van der Waals surface area contributed by atoms with E-state index in [9.17, 15) is 14.4 Å². The molecule has 8 heteroatoms. The number of amides is 4. The van der Waals surface area contributed by atoms with Crippen LogP contribution in [-0.2, 0) is 16.2 Å². The minimum Gasteiger partial charge on any atom is -0.488 e. The number of hydrogen-bond donors (Lipinski definition) is 1. The van der Waals surface area contributed by atoms with Crippen molar-refractivity contribution in [2.45, 2.75) is 13.5 Å². The Morgan fingerprint density at radius 2 is 1.82 bits per heavy atom. The number of carbonyl (C=O) groups excluding carboxylic acids is 3. The fourth-order valence-electron chi connectivity index (χ4n) is 3.40. The molecular weight excluding hydrogens is 508 g/mol. The average molecular weight is 526 g/mol. The van der Waals surface area contributed by atoms with Gasteiger partial charge in [0.1, 0.15) is 17.9 Å². The summed E-state index contributed by atoms with van der Waals surface area (Å²) in [7, 11) is 0. The molecule has 1 N–H and O–H groups in total. The van der Waals surface area contributed by atoms with Crippen molar-refractivity contribution >= 4 is 57.1 Å². The van der Waals surface area contributed by atoms with E-state index >= 15 is 0 Å². The van der Waals surface area contributed by atoms with Gasteiger partial charge < -0.3 is 4.74 Å². The van der Waals surface area contributed by atoms with Crippen molar-refractivity contribution in [2.75, 3.05) is 4.90 Å². The highest BCUT2D eigenvalue weighted by Crippen LogP contribution is 2.29. The number of hydrogen-bond acceptors (Lipinski definition) is 4. The SMILES string of the molecule is Cc1ccccc1N1C(=O)NC(=O)/C(=C\c2cc(Br)ccc2OCc2cccc(Cl)c2)C1=O. The predicted octanol–water partition coefficient (Wildman–Crippen LogP) is 5.66. The molecule has 0 spiro atoms. The lowest BCUT2D eigenvalue weighted by Gasteiger charge is -2.27. The van der Waals surface area contributed by atoms with Gasteiger partial charge >= 0.3 is 6.03 Å². The molecule has 1 heterocycles. The van der Waals surface area contributed by atoms with Crippen molar-refractivity contribution in [3.8, 4) is 5.75 Å². The lowest BCUT2D eigenvalue weighted by molar-refractivity contribution is -0.122. The number of urea groups is 1. The molecular formula is C25H18BrClN2O4. The van der Waals surface area contributed by atoms with Crippen LogP contribution in [0.5, 0.6) is 5.75 Å². The first-order chi connectivity index (χ1) is 15.8. The molecule has 1 aliphatic rings. The number of benzene rings is 3. The van der Waals surface area contributed by atoms with Crippen LogP contribution in [0.1, 0.15) is 16.7 Å². The van der Waals surface area contributed by atoms with Crippen molar-refractivity contribution in [1.82, 2.24) is 5.32 Å². The summed E-state index contributed by atoms with van der Waals surface area (Å²) in [4.78, 5) is 39.2. The van der Waals surface area contributed by atoms with Crippen molar-refractivity contribution in [2.24, 2.45) is 0 Å². The molecule has 1 fully saturated rings. The number of imide groups is 2. The monoisotopic (exact) mass is 524 g/mol. The van der Waals surface area contributed by atoms with Crippen LogP contribution < -0.4 is 15.0 Å². The summed E-state index contributed by atoms with van der Waals surface area (Å²) in [6, 6.07) is 18.7. The zero-order valence-electron chi connectivity index (χ0n) is 17.5. The normalized spacial score (nSPS) is 15.1. The standard InChI is InChI=1S/C25H18BrClN2O4/c1-15-5-2-3-8-21(15)29-24(31)20(23(30)28-25(29)32)13-17-12-18(26)9-10-22(17)33-14-16-6-4-7-19(27)11-16/h2-13H,14H2,1H3,(H,28,30,32)/b20-13+. The third-order valence-electron chi connectivity index (χ3n) is 5.01. The number of anilines is 1. The number of nitrogens with one attached hydrogen (secondary N) is 1. The third-order valence-corrected chi connectivity index (χ3v) is 5.74. The first kappa shape index (κ1) is 22.8. The number of ether oxygens (including phenoxy) is 1. The van der Waals surface area contributed by atoms with Crippen LogP contribution >= 0.6 is 27.5 Å². The summed E-state index contributed by atoms with van der Waals surface area (Å²) in [5.41, 5.74) is 2.33. The van der Waals surface area contributed by atoms with Gasteiger partial charge in [-0.25, -0.2) is 9.69 Å². The molecule has 166 valence electrons. The second kappa shape index (κ2) is 9.60. The predicted molar refractivity (Wildman–Crippen MR) is 130 cm³/mol. The van der Waals surface area contributed by atoms with Gasteiger partial charge in [-0.3, -0.25) is 14.9 Å². The molecule has 0 unspecified atom stereocenters. The molecule has 4 rings (SSSR count). The molecule has 6 nitrogen and oxygen atoms in total. The smallest absolute Gasteiger partial charge is 0.335 e. The number of halogens is 2. The highest BCUT2D eigenvalue weighted by atomic mass is 79.9. The zero-order valence-corrected chi connectivity index (χ0v) is 19.8. The molecule has 0 bridgehead atoms. The Balaban J connectivity index is 1.69. The maximum atomic E-state index is 13.2. The largest absolute Gasteiger partial charge is 0.488 e. The first-order valence-electron chi connectivity index (χ1n) is 9.97. The van der Waals surface area contributed by atoms with E-state index in [2.05, 4.69) is 21.2 Å². The van der Waals surface area contributed by atoms with Crippen LogP contribution in [0, 0.1) is 6.92 Å². The molecule has 0 radical (unpaired) electrons. The van der Waals surface area contributed by atoms with Gasteiger partial charge in [0.05, 0.1) is 5.69 Å². The Kier molecular flexibility index (Phi) is 6.62. The van der Waals surface area contributed by atoms with Crippen LogP contribution in [0.15, 0.2) is 76.8 Å². The molecule has 0 aromatic heterocycles. The first-order valence-corrected chi connectivity index (χ1v) is 11.1. The number of barbiturate groups is 1. The Bertz CT molecular complexity index is 1310. The highest BCUT2D eigenvalue weighted by molar-refractivity contribution is 9.10. The summed E-state index contributed by atoms with van der Waals surface area (Å²) >= 11 is 9.45. The van der Waals surface area contributed by atoms with Crippen molar-refractivity contribution in [3.05, 3.63) is 98.5 Å². The topological polar surface area (TPSA) is 75.7 Å². The van der Waals surface area contributed by atoms with Gasteiger partial charge in [-0.15, -0.1) is 0 Å². The molecule has 0 saturated carbocycles. The van der Waals surface area contributed by atoms with Gasteiger partial charge in [0.25, 0.3) is 11.8 Å². The summed E-state index contributed by atoms with van der Waals surface area (Å²) in [5.74, 6) is -1.01. The number of para-hydroxylation sites is 1. The highest BCUT2D eigenvalue weighted by Gasteiger charge is 2.37. The van der Waals surface area contributed by atoms with Crippen LogP contribution in [0.2, 0.25) is 5.02 Å². The molecule has 0 atom stereocenters. The Morgan fingerprint density at radius 1 is 1.03 bits per heavy atom. The third kappa shape index (κ3) is 4.99. The molecule has 1 saturated heterocycles. The lowest BCUT2D eigenvalue weighted by Crippen LogP contribution is -2.54. The molecule has 0 aliphatic carbocycles. The molecule has 3 aromatic carbocycles. The minimum absolute atomic E-state index is 0.177. The van der Waals surface area contributed by atoms with Gasteiger partial charge in [0, 0.05) is 15.1 Å². The maximum Gasteiger partial charge on any atom is 0.335 e. The Labute approximate surface area is 203 Å². The fraction of sp³-hybridized carbons (Fsp3) is 0.0800. The van der Waals surface area contributed by atoms with E-state index in [4.69, 9.17) is 16.3 Å². The van der Waals surface area contributed by atoms with E-state index in [1.54, 1.807) is 61.5 Å². The van der Waals surface area contributed by atoms with Crippen molar-refractivity contribution in [3.63, 3.8) is 0 Å². The van der Waals surface area contributed by atoms with Crippen LogP contribution in [-0.4, -0.2) is 17.8 Å². The van der Waals surface area contributed by atoms with Crippen LogP contribution in [0.25, 0.3) is 6.08 Å². The number of nitrogens with zero attached hydrogens (tertiary/aromatic N) is 1. The second-order valence-electron chi connectivity index (χ2n) is 7.35. The van der Waals surface area contributed by atoms with E-state index in [0.29, 0.717) is 22.0 Å². The summed E-state index contributed by atoms with van der Waals surface area (Å²) in [5, 5.41) is 2.84. The zero-order chi connectivity index (χ0) is 23.5. The van der Waals surface area contributed by atoms with E-state index in [1.807, 2.05) is 12.1 Å².